The van der Waals surface area contributed by atoms with E-state index in [1.807, 2.05) is 35.2 Å². The predicted octanol–water partition coefficient (Wildman–Crippen LogP) is 3.41. The summed E-state index contributed by atoms with van der Waals surface area (Å²) in [6.45, 7) is 5.67. The smallest absolute Gasteiger partial charge is 0.318 e. The largest absolute Gasteiger partial charge is 0.376 e. The van der Waals surface area contributed by atoms with Crippen LogP contribution in [0.1, 0.15) is 54.7 Å². The Balaban J connectivity index is 1.54. The number of aryl methyl sites for hydroxylation is 1. The van der Waals surface area contributed by atoms with Crippen LogP contribution in [0.25, 0.3) is 0 Å². The van der Waals surface area contributed by atoms with Gasteiger partial charge < -0.3 is 15.0 Å². The number of fused-ring (bicyclic) bond motifs is 1. The second kappa shape index (κ2) is 8.13. The van der Waals surface area contributed by atoms with E-state index in [-0.39, 0.29) is 12.1 Å². The summed E-state index contributed by atoms with van der Waals surface area (Å²) in [5.74, 6) is 0. The molecular formula is C21H28N4O2. The molecule has 0 saturated carbocycles. The number of rotatable bonds is 4. The molecule has 4 rings (SSSR count). The van der Waals surface area contributed by atoms with Gasteiger partial charge in [0.2, 0.25) is 0 Å². The van der Waals surface area contributed by atoms with Crippen LogP contribution in [0.2, 0.25) is 0 Å². The standard InChI is InChI=1S/C21H28N4O2/c1-2-25-18-11-13-27-15-17(18)20(23-25)19-10-6-7-12-24(19)21(26)22-14-16-8-4-3-5-9-16/h3-5,8-9,19H,2,6-7,10-15H2,1H3,(H,22,26). The van der Waals surface area contributed by atoms with E-state index >= 15 is 0 Å². The van der Waals surface area contributed by atoms with Gasteiger partial charge in [-0.3, -0.25) is 4.68 Å². The van der Waals surface area contributed by atoms with Crippen molar-refractivity contribution < 1.29 is 9.53 Å². The minimum Gasteiger partial charge on any atom is -0.376 e. The molecule has 144 valence electrons. The van der Waals surface area contributed by atoms with Gasteiger partial charge in [0, 0.05) is 37.3 Å². The maximum absolute atomic E-state index is 12.9. The number of urea groups is 1. The molecule has 1 unspecified atom stereocenters. The molecular weight excluding hydrogens is 340 g/mol. The first-order valence-corrected chi connectivity index (χ1v) is 10.0. The fourth-order valence-electron chi connectivity index (χ4n) is 4.20. The highest BCUT2D eigenvalue weighted by Crippen LogP contribution is 2.35. The first-order valence-electron chi connectivity index (χ1n) is 10.0. The van der Waals surface area contributed by atoms with Crippen LogP contribution in [0.3, 0.4) is 0 Å². The molecule has 1 aromatic heterocycles. The van der Waals surface area contributed by atoms with Crippen molar-refractivity contribution in [2.24, 2.45) is 0 Å². The lowest BCUT2D eigenvalue weighted by atomic mass is 9.95. The molecule has 2 aliphatic heterocycles. The van der Waals surface area contributed by atoms with Gasteiger partial charge in [0.25, 0.3) is 0 Å². The topological polar surface area (TPSA) is 59.4 Å². The lowest BCUT2D eigenvalue weighted by molar-refractivity contribution is 0.105. The van der Waals surface area contributed by atoms with Gasteiger partial charge in [-0.05, 0) is 31.7 Å². The Labute approximate surface area is 160 Å². The minimum atomic E-state index is 0.0000735. The third-order valence-electron chi connectivity index (χ3n) is 5.59. The van der Waals surface area contributed by atoms with E-state index < -0.39 is 0 Å². The number of carbonyl (C=O) groups is 1. The number of carbonyl (C=O) groups excluding carboxylic acids is 1. The SMILES string of the molecule is CCn1nc(C2CCCCN2C(=O)NCc2ccccc2)c2c1CCOC2. The van der Waals surface area contributed by atoms with Crippen LogP contribution < -0.4 is 5.32 Å². The zero-order valence-electron chi connectivity index (χ0n) is 16.0. The van der Waals surface area contributed by atoms with Gasteiger partial charge in [-0.2, -0.15) is 5.10 Å². The number of piperidine rings is 1. The summed E-state index contributed by atoms with van der Waals surface area (Å²) in [6.07, 6.45) is 4.04. The van der Waals surface area contributed by atoms with Gasteiger partial charge >= 0.3 is 6.03 Å². The fourth-order valence-corrected chi connectivity index (χ4v) is 4.20. The Morgan fingerprint density at radius 2 is 2.15 bits per heavy atom. The summed E-state index contributed by atoms with van der Waals surface area (Å²) < 4.78 is 7.81. The average molecular weight is 368 g/mol. The van der Waals surface area contributed by atoms with Gasteiger partial charge in [0.1, 0.15) is 0 Å². The summed E-state index contributed by atoms with van der Waals surface area (Å²) in [4.78, 5) is 14.9. The zero-order valence-corrected chi connectivity index (χ0v) is 16.0. The second-order valence-corrected chi connectivity index (χ2v) is 7.28. The molecule has 1 atom stereocenters. The highest BCUT2D eigenvalue weighted by atomic mass is 16.5. The Bertz CT molecular complexity index is 787. The number of ether oxygens (including phenoxy) is 1. The molecule has 1 saturated heterocycles. The summed E-state index contributed by atoms with van der Waals surface area (Å²) >= 11 is 0. The average Bonchev–Trinajstić information content (AvgIpc) is 3.11. The van der Waals surface area contributed by atoms with Crippen LogP contribution in [0, 0.1) is 0 Å². The van der Waals surface area contributed by atoms with Crippen LogP contribution in [0.5, 0.6) is 0 Å². The van der Waals surface area contributed by atoms with E-state index in [0.717, 1.165) is 56.6 Å². The van der Waals surface area contributed by atoms with Crippen molar-refractivity contribution >= 4 is 6.03 Å². The molecule has 0 spiro atoms. The first kappa shape index (κ1) is 18.0. The quantitative estimate of drug-likeness (QED) is 0.900. The van der Waals surface area contributed by atoms with Gasteiger partial charge in [-0.25, -0.2) is 4.79 Å². The van der Waals surface area contributed by atoms with E-state index in [1.54, 1.807) is 0 Å². The van der Waals surface area contributed by atoms with Crippen molar-refractivity contribution in [3.63, 3.8) is 0 Å². The number of benzene rings is 1. The molecule has 2 aromatic rings. The fraction of sp³-hybridized carbons (Fsp3) is 0.524. The molecule has 3 heterocycles. The molecule has 2 amide bonds. The lowest BCUT2D eigenvalue weighted by Gasteiger charge is -2.35. The third-order valence-corrected chi connectivity index (χ3v) is 5.59. The van der Waals surface area contributed by atoms with Crippen molar-refractivity contribution in [1.29, 1.82) is 0 Å². The Morgan fingerprint density at radius 3 is 2.96 bits per heavy atom. The number of aromatic nitrogens is 2. The van der Waals surface area contributed by atoms with Gasteiger partial charge in [0.05, 0.1) is 24.9 Å². The van der Waals surface area contributed by atoms with E-state index in [1.165, 1.54) is 11.3 Å². The van der Waals surface area contributed by atoms with Crippen LogP contribution >= 0.6 is 0 Å². The third kappa shape index (κ3) is 3.72. The highest BCUT2D eigenvalue weighted by molar-refractivity contribution is 5.75. The van der Waals surface area contributed by atoms with Crippen molar-refractivity contribution in [3.8, 4) is 0 Å². The summed E-state index contributed by atoms with van der Waals surface area (Å²) in [7, 11) is 0. The number of hydrogen-bond donors (Lipinski definition) is 1. The monoisotopic (exact) mass is 368 g/mol. The molecule has 1 aromatic carbocycles. The molecule has 6 heteroatoms. The summed E-state index contributed by atoms with van der Waals surface area (Å²) in [6, 6.07) is 10.1. The molecule has 0 aliphatic carbocycles. The molecule has 0 bridgehead atoms. The lowest BCUT2D eigenvalue weighted by Crippen LogP contribution is -2.44. The molecule has 6 nitrogen and oxygen atoms in total. The Morgan fingerprint density at radius 1 is 1.30 bits per heavy atom. The van der Waals surface area contributed by atoms with Crippen LogP contribution in [0.4, 0.5) is 4.79 Å². The van der Waals surface area contributed by atoms with E-state index in [2.05, 4.69) is 16.9 Å². The van der Waals surface area contributed by atoms with Gasteiger partial charge in [-0.1, -0.05) is 30.3 Å². The van der Waals surface area contributed by atoms with E-state index in [9.17, 15) is 4.79 Å². The highest BCUT2D eigenvalue weighted by Gasteiger charge is 2.34. The summed E-state index contributed by atoms with van der Waals surface area (Å²) in [5, 5.41) is 7.99. The molecule has 1 fully saturated rings. The summed E-state index contributed by atoms with van der Waals surface area (Å²) in [5.41, 5.74) is 4.64. The Kier molecular flexibility index (Phi) is 5.43. The molecule has 27 heavy (non-hydrogen) atoms. The predicted molar refractivity (Wildman–Crippen MR) is 103 cm³/mol. The van der Waals surface area contributed by atoms with Crippen LogP contribution in [-0.4, -0.2) is 33.9 Å². The van der Waals surface area contributed by atoms with E-state index in [4.69, 9.17) is 9.84 Å². The first-order chi connectivity index (χ1) is 13.3. The van der Waals surface area contributed by atoms with Crippen LogP contribution in [-0.2, 0) is 30.9 Å². The zero-order chi connectivity index (χ0) is 18.6. The van der Waals surface area contributed by atoms with Crippen molar-refractivity contribution in [2.75, 3.05) is 13.2 Å². The number of hydrogen-bond acceptors (Lipinski definition) is 3. The van der Waals surface area contributed by atoms with Gasteiger partial charge in [0.15, 0.2) is 0 Å². The van der Waals surface area contributed by atoms with E-state index in [0.29, 0.717) is 13.2 Å². The maximum Gasteiger partial charge on any atom is 0.318 e. The van der Waals surface area contributed by atoms with Crippen molar-refractivity contribution in [3.05, 3.63) is 52.8 Å². The van der Waals surface area contributed by atoms with Crippen LogP contribution in [0.15, 0.2) is 30.3 Å². The van der Waals surface area contributed by atoms with Crippen molar-refractivity contribution in [2.45, 2.75) is 58.3 Å². The normalized spacial score (nSPS) is 19.6. The van der Waals surface area contributed by atoms with Gasteiger partial charge in [-0.15, -0.1) is 0 Å². The van der Waals surface area contributed by atoms with Crippen molar-refractivity contribution in [1.82, 2.24) is 20.0 Å². The number of amides is 2. The molecule has 0 radical (unpaired) electrons. The maximum atomic E-state index is 12.9. The number of likely N-dealkylation sites (tertiary alicyclic amines) is 1. The Hall–Kier alpha value is -2.34. The molecule has 1 N–H and O–H groups in total. The minimum absolute atomic E-state index is 0.0000735. The number of nitrogens with one attached hydrogen (secondary N) is 1. The molecule has 2 aliphatic rings. The number of nitrogens with zero attached hydrogens (tertiary/aromatic N) is 3. The second-order valence-electron chi connectivity index (χ2n) is 7.28.